The van der Waals surface area contributed by atoms with E-state index in [2.05, 4.69) is 41.2 Å². The van der Waals surface area contributed by atoms with Gasteiger partial charge in [-0.1, -0.05) is 48.5 Å². The lowest BCUT2D eigenvalue weighted by Gasteiger charge is -2.17. The average Bonchev–Trinajstić information content (AvgIpc) is 3.28. The van der Waals surface area contributed by atoms with Gasteiger partial charge in [0.2, 0.25) is 0 Å². The molecule has 0 saturated carbocycles. The number of nitrogens with zero attached hydrogens (tertiary/aromatic N) is 1. The summed E-state index contributed by atoms with van der Waals surface area (Å²) in [4.78, 5) is 17.6. The molecule has 0 aliphatic carbocycles. The van der Waals surface area contributed by atoms with Crippen molar-refractivity contribution in [1.29, 1.82) is 0 Å². The number of carbonyl (C=O) groups excluding carboxylic acids is 1. The lowest BCUT2D eigenvalue weighted by molar-refractivity contribution is -0.115. The molecule has 0 radical (unpaired) electrons. The Morgan fingerprint density at radius 3 is 2.59 bits per heavy atom. The Morgan fingerprint density at radius 2 is 1.79 bits per heavy atom. The summed E-state index contributed by atoms with van der Waals surface area (Å²) in [6, 6.07) is 24.1. The van der Waals surface area contributed by atoms with Gasteiger partial charge in [-0.2, -0.15) is 0 Å². The molecule has 39 heavy (non-hydrogen) atoms. The largest absolute Gasteiger partial charge is 0.490 e. The van der Waals surface area contributed by atoms with Gasteiger partial charge in [-0.15, -0.1) is 6.58 Å². The summed E-state index contributed by atoms with van der Waals surface area (Å²) >= 11 is 1.23. The third-order valence-corrected chi connectivity index (χ3v) is 6.99. The van der Waals surface area contributed by atoms with Crippen LogP contribution in [-0.4, -0.2) is 17.7 Å². The molecule has 4 aromatic rings. The summed E-state index contributed by atoms with van der Waals surface area (Å²) in [6.45, 7) is 6.68. The molecule has 0 bridgehead atoms. The van der Waals surface area contributed by atoms with E-state index in [9.17, 15) is 9.18 Å². The van der Waals surface area contributed by atoms with Gasteiger partial charge >= 0.3 is 0 Å². The number of halogens is 1. The molecule has 5 nitrogen and oxygen atoms in total. The first-order valence-electron chi connectivity index (χ1n) is 12.6. The van der Waals surface area contributed by atoms with Crippen LogP contribution in [0.3, 0.4) is 0 Å². The molecule has 1 saturated heterocycles. The van der Waals surface area contributed by atoms with Crippen LogP contribution in [0.1, 0.15) is 23.6 Å². The quantitative estimate of drug-likeness (QED) is 0.176. The summed E-state index contributed by atoms with van der Waals surface area (Å²) in [5.41, 5.74) is 3.35. The monoisotopic (exact) mass is 538 g/mol. The zero-order chi connectivity index (χ0) is 27.2. The number of amides is 1. The van der Waals surface area contributed by atoms with Crippen molar-refractivity contribution in [1.82, 2.24) is 5.32 Å². The number of carbonyl (C=O) groups is 1. The van der Waals surface area contributed by atoms with Crippen LogP contribution >= 0.6 is 11.8 Å². The molecule has 0 unspecified atom stereocenters. The SMILES string of the molecule is C=CCc1cc(/C=C2/SC(=Nc3ccc(F)cc3)NC2=O)cc(OCC)c1OCc1cccc2ccccc12. The van der Waals surface area contributed by atoms with E-state index in [1.807, 2.05) is 43.3 Å². The first-order valence-corrected chi connectivity index (χ1v) is 13.4. The molecule has 1 aliphatic rings. The van der Waals surface area contributed by atoms with E-state index in [1.54, 1.807) is 18.2 Å². The van der Waals surface area contributed by atoms with Crippen LogP contribution in [0.15, 0.2) is 101 Å². The van der Waals surface area contributed by atoms with Gasteiger partial charge in [0.05, 0.1) is 17.2 Å². The van der Waals surface area contributed by atoms with Gasteiger partial charge in [-0.05, 0) is 89.5 Å². The molecule has 1 aliphatic heterocycles. The maximum Gasteiger partial charge on any atom is 0.264 e. The van der Waals surface area contributed by atoms with Crippen molar-refractivity contribution < 1.29 is 18.7 Å². The minimum absolute atomic E-state index is 0.250. The molecule has 196 valence electrons. The smallest absolute Gasteiger partial charge is 0.264 e. The third-order valence-electron chi connectivity index (χ3n) is 6.08. The highest BCUT2D eigenvalue weighted by Crippen LogP contribution is 2.37. The van der Waals surface area contributed by atoms with Gasteiger partial charge in [0.1, 0.15) is 12.4 Å². The first-order chi connectivity index (χ1) is 19.0. The molecular weight excluding hydrogens is 511 g/mol. The Balaban J connectivity index is 1.44. The van der Waals surface area contributed by atoms with E-state index >= 15 is 0 Å². The number of fused-ring (bicyclic) bond motifs is 1. The molecule has 0 aromatic heterocycles. The Morgan fingerprint density at radius 1 is 1.00 bits per heavy atom. The number of thioether (sulfide) groups is 1. The minimum atomic E-state index is -0.340. The topological polar surface area (TPSA) is 59.9 Å². The van der Waals surface area contributed by atoms with Crippen LogP contribution in [0, 0.1) is 5.82 Å². The van der Waals surface area contributed by atoms with Gasteiger partial charge < -0.3 is 14.8 Å². The van der Waals surface area contributed by atoms with Crippen LogP contribution in [0.4, 0.5) is 10.1 Å². The number of ether oxygens (including phenoxy) is 2. The third kappa shape index (κ3) is 6.21. The minimum Gasteiger partial charge on any atom is -0.490 e. The van der Waals surface area contributed by atoms with Gasteiger partial charge in [0, 0.05) is 5.56 Å². The number of nitrogens with one attached hydrogen (secondary N) is 1. The fourth-order valence-corrected chi connectivity index (χ4v) is 5.18. The molecule has 7 heteroatoms. The molecular formula is C32H27FN2O3S. The fourth-order valence-electron chi connectivity index (χ4n) is 4.33. The second-order valence-corrected chi connectivity index (χ2v) is 9.85. The summed E-state index contributed by atoms with van der Waals surface area (Å²) in [5.74, 6) is 0.675. The number of aliphatic imine (C=N–C) groups is 1. The number of rotatable bonds is 9. The second-order valence-electron chi connectivity index (χ2n) is 8.82. The summed E-state index contributed by atoms with van der Waals surface area (Å²) in [6.07, 6.45) is 4.19. The van der Waals surface area contributed by atoms with Crippen LogP contribution in [0.2, 0.25) is 0 Å². The highest BCUT2D eigenvalue weighted by atomic mass is 32.2. The predicted molar refractivity (Wildman–Crippen MR) is 157 cm³/mol. The number of hydrogen-bond acceptors (Lipinski definition) is 5. The van der Waals surface area contributed by atoms with Crippen molar-refractivity contribution in [2.24, 2.45) is 4.99 Å². The lowest BCUT2D eigenvalue weighted by Crippen LogP contribution is -2.19. The van der Waals surface area contributed by atoms with Crippen LogP contribution in [-0.2, 0) is 17.8 Å². The van der Waals surface area contributed by atoms with E-state index < -0.39 is 0 Å². The highest BCUT2D eigenvalue weighted by molar-refractivity contribution is 8.18. The van der Waals surface area contributed by atoms with Crippen molar-refractivity contribution in [3.8, 4) is 11.5 Å². The maximum atomic E-state index is 13.2. The molecule has 0 atom stereocenters. The molecule has 4 aromatic carbocycles. The Hall–Kier alpha value is -4.36. The van der Waals surface area contributed by atoms with Gasteiger partial charge in [0.25, 0.3) is 5.91 Å². The van der Waals surface area contributed by atoms with Gasteiger partial charge in [-0.3, -0.25) is 4.79 Å². The zero-order valence-electron chi connectivity index (χ0n) is 21.4. The fraction of sp³-hybridized carbons (Fsp3) is 0.125. The van der Waals surface area contributed by atoms with Crippen molar-refractivity contribution in [2.45, 2.75) is 20.0 Å². The highest BCUT2D eigenvalue weighted by Gasteiger charge is 2.24. The molecule has 1 heterocycles. The number of allylic oxidation sites excluding steroid dienone is 1. The number of amidine groups is 1. The normalized spacial score (nSPS) is 15.1. The summed E-state index contributed by atoms with van der Waals surface area (Å²) < 4.78 is 25.6. The molecule has 1 N–H and O–H groups in total. The van der Waals surface area contributed by atoms with Crippen molar-refractivity contribution in [3.63, 3.8) is 0 Å². The maximum absolute atomic E-state index is 13.2. The molecule has 1 fully saturated rings. The van der Waals surface area contributed by atoms with Gasteiger partial charge in [-0.25, -0.2) is 9.38 Å². The predicted octanol–water partition coefficient (Wildman–Crippen LogP) is 7.58. The van der Waals surface area contributed by atoms with Gasteiger partial charge in [0.15, 0.2) is 16.7 Å². The Labute approximate surface area is 231 Å². The van der Waals surface area contributed by atoms with E-state index in [4.69, 9.17) is 9.47 Å². The number of hydrogen-bond donors (Lipinski definition) is 1. The standard InChI is InChI=1S/C32H27FN2O3S/c1-3-8-23-17-21(19-29-31(36)35-32(39-29)34-26-15-13-25(33)14-16-26)18-28(37-4-2)30(23)38-20-24-11-7-10-22-9-5-6-12-27(22)24/h3,5-7,9-19H,1,4,8,20H2,2H3,(H,34,35,36)/b29-19+. The van der Waals surface area contributed by atoms with E-state index in [1.165, 1.54) is 23.9 Å². The molecule has 1 amide bonds. The van der Waals surface area contributed by atoms with E-state index in [-0.39, 0.29) is 11.7 Å². The molecule has 0 spiro atoms. The van der Waals surface area contributed by atoms with Crippen molar-refractivity contribution in [2.75, 3.05) is 6.61 Å². The van der Waals surface area contributed by atoms with Crippen LogP contribution in [0.5, 0.6) is 11.5 Å². The van der Waals surface area contributed by atoms with Crippen LogP contribution in [0.25, 0.3) is 16.8 Å². The summed E-state index contributed by atoms with van der Waals surface area (Å²) in [5, 5.41) is 5.51. The Bertz CT molecular complexity index is 1590. The zero-order valence-corrected chi connectivity index (χ0v) is 22.3. The van der Waals surface area contributed by atoms with Crippen molar-refractivity contribution >= 4 is 45.4 Å². The summed E-state index contributed by atoms with van der Waals surface area (Å²) in [7, 11) is 0. The first kappa shape index (κ1) is 26.3. The number of benzene rings is 4. The molecule has 5 rings (SSSR count). The average molecular weight is 539 g/mol. The van der Waals surface area contributed by atoms with E-state index in [0.29, 0.717) is 46.9 Å². The van der Waals surface area contributed by atoms with E-state index in [0.717, 1.165) is 27.5 Å². The van der Waals surface area contributed by atoms with Crippen LogP contribution < -0.4 is 14.8 Å². The van der Waals surface area contributed by atoms with Crippen molar-refractivity contribution in [3.05, 3.63) is 119 Å². The Kier molecular flexibility index (Phi) is 8.08. The lowest BCUT2D eigenvalue weighted by atomic mass is 10.0. The second kappa shape index (κ2) is 12.0.